The van der Waals surface area contributed by atoms with Crippen LogP contribution in [0.25, 0.3) is 0 Å². The first kappa shape index (κ1) is 14.8. The summed E-state index contributed by atoms with van der Waals surface area (Å²) in [4.78, 5) is 14.6. The number of nitrogens with zero attached hydrogens (tertiary/aromatic N) is 1. The molecule has 0 heterocycles. The van der Waals surface area contributed by atoms with Crippen LogP contribution in [0.3, 0.4) is 0 Å². The minimum atomic E-state index is -0.574. The molecule has 2 aliphatic carbocycles. The highest BCUT2D eigenvalue weighted by molar-refractivity contribution is 5.80. The van der Waals surface area contributed by atoms with Crippen LogP contribution in [0.15, 0.2) is 0 Å². The lowest BCUT2D eigenvalue weighted by molar-refractivity contribution is -0.149. The van der Waals surface area contributed by atoms with Gasteiger partial charge in [0, 0.05) is 25.2 Å². The van der Waals surface area contributed by atoms with Gasteiger partial charge in [0.1, 0.15) is 5.54 Å². The van der Waals surface area contributed by atoms with Gasteiger partial charge < -0.3 is 4.74 Å². The molecule has 4 nitrogen and oxygen atoms in total. The normalized spacial score (nSPS) is 22.6. The molecule has 1 unspecified atom stereocenters. The summed E-state index contributed by atoms with van der Waals surface area (Å²) in [5, 5.41) is 3.48. The van der Waals surface area contributed by atoms with E-state index < -0.39 is 5.54 Å². The maximum atomic E-state index is 12.1. The maximum absolute atomic E-state index is 12.1. The zero-order valence-corrected chi connectivity index (χ0v) is 12.7. The number of esters is 1. The molecule has 4 heteroatoms. The summed E-state index contributed by atoms with van der Waals surface area (Å²) >= 11 is 0. The Bertz CT molecular complexity index is 324. The summed E-state index contributed by atoms with van der Waals surface area (Å²) in [6, 6.07) is 0.963. The summed E-state index contributed by atoms with van der Waals surface area (Å²) < 4.78 is 5.02. The van der Waals surface area contributed by atoms with Crippen LogP contribution >= 0.6 is 0 Å². The standard InChI is InChI=1S/C15H28N2O2/c1-11(2)17(9-12-5-6-12)10-15(3,14(18)19-4)16-13-7-8-13/h11-13,16H,5-10H2,1-4H3. The van der Waals surface area contributed by atoms with Crippen LogP contribution < -0.4 is 5.32 Å². The van der Waals surface area contributed by atoms with E-state index >= 15 is 0 Å². The monoisotopic (exact) mass is 268 g/mol. The number of methoxy groups -OCH3 is 1. The molecule has 0 aromatic carbocycles. The zero-order valence-electron chi connectivity index (χ0n) is 12.7. The summed E-state index contributed by atoms with van der Waals surface area (Å²) in [6.07, 6.45) is 5.04. The van der Waals surface area contributed by atoms with Crippen LogP contribution in [0.1, 0.15) is 46.5 Å². The third-order valence-electron chi connectivity index (χ3n) is 4.18. The van der Waals surface area contributed by atoms with Gasteiger partial charge in [0.05, 0.1) is 7.11 Å². The Kier molecular flexibility index (Phi) is 4.51. The van der Waals surface area contributed by atoms with Gasteiger partial charge in [0.25, 0.3) is 0 Å². The predicted molar refractivity (Wildman–Crippen MR) is 76.0 cm³/mol. The maximum Gasteiger partial charge on any atom is 0.327 e. The molecule has 1 N–H and O–H groups in total. The van der Waals surface area contributed by atoms with Crippen molar-refractivity contribution in [2.75, 3.05) is 20.2 Å². The van der Waals surface area contributed by atoms with Crippen LogP contribution in [0.5, 0.6) is 0 Å². The van der Waals surface area contributed by atoms with Crippen molar-refractivity contribution in [3.63, 3.8) is 0 Å². The van der Waals surface area contributed by atoms with Crippen molar-refractivity contribution in [2.24, 2.45) is 5.92 Å². The number of carbonyl (C=O) groups is 1. The second kappa shape index (κ2) is 5.80. The summed E-state index contributed by atoms with van der Waals surface area (Å²) in [7, 11) is 1.48. The van der Waals surface area contributed by atoms with Gasteiger partial charge in [-0.1, -0.05) is 0 Å². The van der Waals surface area contributed by atoms with E-state index in [-0.39, 0.29) is 5.97 Å². The summed E-state index contributed by atoms with van der Waals surface area (Å²) in [5.41, 5.74) is -0.574. The van der Waals surface area contributed by atoms with E-state index in [2.05, 4.69) is 24.1 Å². The van der Waals surface area contributed by atoms with Crippen molar-refractivity contribution in [1.82, 2.24) is 10.2 Å². The number of hydrogen-bond donors (Lipinski definition) is 1. The quantitative estimate of drug-likeness (QED) is 0.682. The molecule has 1 atom stereocenters. The molecule has 2 rings (SSSR count). The second-order valence-electron chi connectivity index (χ2n) is 6.71. The average Bonchev–Trinajstić information content (AvgIpc) is 3.22. The predicted octanol–water partition coefficient (Wildman–Crippen LogP) is 1.79. The fourth-order valence-corrected chi connectivity index (χ4v) is 2.57. The van der Waals surface area contributed by atoms with E-state index in [1.807, 2.05) is 6.92 Å². The Balaban J connectivity index is 2.00. The molecule has 0 radical (unpaired) electrons. The van der Waals surface area contributed by atoms with Gasteiger partial charge in [-0.05, 0) is 52.4 Å². The van der Waals surface area contributed by atoms with E-state index in [4.69, 9.17) is 4.74 Å². The van der Waals surface area contributed by atoms with Gasteiger partial charge in [0.2, 0.25) is 0 Å². The van der Waals surface area contributed by atoms with Gasteiger partial charge in [-0.15, -0.1) is 0 Å². The van der Waals surface area contributed by atoms with E-state index in [1.165, 1.54) is 32.8 Å². The van der Waals surface area contributed by atoms with Crippen LogP contribution in [-0.4, -0.2) is 48.7 Å². The number of nitrogens with one attached hydrogen (secondary N) is 1. The van der Waals surface area contributed by atoms with Crippen molar-refractivity contribution in [2.45, 2.75) is 64.1 Å². The molecule has 0 aromatic heterocycles. The Hall–Kier alpha value is -0.610. The van der Waals surface area contributed by atoms with Gasteiger partial charge in [0.15, 0.2) is 0 Å². The Morgan fingerprint density at radius 3 is 2.42 bits per heavy atom. The number of ether oxygens (including phenoxy) is 1. The molecular weight excluding hydrogens is 240 g/mol. The largest absolute Gasteiger partial charge is 0.468 e. The summed E-state index contributed by atoms with van der Waals surface area (Å²) in [5.74, 6) is 0.700. The first-order chi connectivity index (χ1) is 8.94. The van der Waals surface area contributed by atoms with Crippen LogP contribution in [0.4, 0.5) is 0 Å². The Morgan fingerprint density at radius 1 is 1.37 bits per heavy atom. The molecule has 0 saturated heterocycles. The van der Waals surface area contributed by atoms with Crippen molar-refractivity contribution < 1.29 is 9.53 Å². The lowest BCUT2D eigenvalue weighted by Gasteiger charge is -2.36. The number of carbonyl (C=O) groups excluding carboxylic acids is 1. The summed E-state index contributed by atoms with van der Waals surface area (Å²) in [6.45, 7) is 8.24. The highest BCUT2D eigenvalue weighted by atomic mass is 16.5. The number of rotatable bonds is 8. The highest BCUT2D eigenvalue weighted by Crippen LogP contribution is 2.31. The molecule has 0 amide bonds. The minimum Gasteiger partial charge on any atom is -0.468 e. The van der Waals surface area contributed by atoms with Gasteiger partial charge in [-0.3, -0.25) is 15.0 Å². The van der Waals surface area contributed by atoms with Gasteiger partial charge in [-0.25, -0.2) is 0 Å². The van der Waals surface area contributed by atoms with Gasteiger partial charge in [-0.2, -0.15) is 0 Å². The zero-order chi connectivity index (χ0) is 14.0. The molecule has 0 aromatic rings. The molecule has 0 aliphatic heterocycles. The van der Waals surface area contributed by atoms with Crippen molar-refractivity contribution in [3.05, 3.63) is 0 Å². The molecule has 2 fully saturated rings. The first-order valence-corrected chi connectivity index (χ1v) is 7.55. The lowest BCUT2D eigenvalue weighted by Crippen LogP contribution is -2.59. The second-order valence-corrected chi connectivity index (χ2v) is 6.71. The van der Waals surface area contributed by atoms with Crippen LogP contribution in [-0.2, 0) is 9.53 Å². The lowest BCUT2D eigenvalue weighted by atomic mass is 10.00. The molecule has 0 spiro atoms. The molecule has 19 heavy (non-hydrogen) atoms. The van der Waals surface area contributed by atoms with Crippen molar-refractivity contribution in [1.29, 1.82) is 0 Å². The average molecular weight is 268 g/mol. The fraction of sp³-hybridized carbons (Fsp3) is 0.933. The topological polar surface area (TPSA) is 41.6 Å². The first-order valence-electron chi connectivity index (χ1n) is 7.55. The van der Waals surface area contributed by atoms with E-state index in [0.29, 0.717) is 12.1 Å². The highest BCUT2D eigenvalue weighted by Gasteiger charge is 2.41. The van der Waals surface area contributed by atoms with E-state index in [9.17, 15) is 4.79 Å². The third kappa shape index (κ3) is 4.18. The Morgan fingerprint density at radius 2 is 2.00 bits per heavy atom. The van der Waals surface area contributed by atoms with Crippen LogP contribution in [0.2, 0.25) is 0 Å². The number of hydrogen-bond acceptors (Lipinski definition) is 4. The molecule has 0 bridgehead atoms. The smallest absolute Gasteiger partial charge is 0.327 e. The van der Waals surface area contributed by atoms with E-state index in [0.717, 1.165) is 19.0 Å². The minimum absolute atomic E-state index is 0.138. The van der Waals surface area contributed by atoms with Gasteiger partial charge >= 0.3 is 5.97 Å². The SMILES string of the molecule is COC(=O)C(C)(CN(CC1CC1)C(C)C)NC1CC1. The van der Waals surface area contributed by atoms with Crippen molar-refractivity contribution in [3.8, 4) is 0 Å². The third-order valence-corrected chi connectivity index (χ3v) is 4.18. The Labute approximate surface area is 116 Å². The molecule has 2 aliphatic rings. The van der Waals surface area contributed by atoms with Crippen molar-refractivity contribution >= 4 is 5.97 Å². The molecule has 2 saturated carbocycles. The molecular formula is C15H28N2O2. The van der Waals surface area contributed by atoms with E-state index in [1.54, 1.807) is 0 Å². The molecule has 110 valence electrons. The fourth-order valence-electron chi connectivity index (χ4n) is 2.57. The van der Waals surface area contributed by atoms with Crippen LogP contribution in [0, 0.1) is 5.92 Å².